The van der Waals surface area contributed by atoms with Crippen LogP contribution in [-0.4, -0.2) is 51.1 Å². The van der Waals surface area contributed by atoms with Crippen LogP contribution in [0.1, 0.15) is 46.8 Å². The summed E-state index contributed by atoms with van der Waals surface area (Å²) < 4.78 is 5.35. The van der Waals surface area contributed by atoms with Gasteiger partial charge in [-0.25, -0.2) is 0 Å². The number of anilines is 1. The van der Waals surface area contributed by atoms with Crippen LogP contribution < -0.4 is 15.0 Å². The van der Waals surface area contributed by atoms with Crippen LogP contribution in [0.4, 0.5) is 5.69 Å². The molecule has 160 valence electrons. The van der Waals surface area contributed by atoms with E-state index in [9.17, 15) is 4.79 Å². The van der Waals surface area contributed by atoms with Gasteiger partial charge in [0, 0.05) is 30.8 Å². The van der Waals surface area contributed by atoms with Crippen molar-refractivity contribution in [2.75, 3.05) is 45.2 Å². The molecule has 0 aliphatic carbocycles. The number of amides is 1. The predicted molar refractivity (Wildman–Crippen MR) is 122 cm³/mol. The van der Waals surface area contributed by atoms with Gasteiger partial charge in [0.2, 0.25) is 0 Å². The minimum Gasteiger partial charge on any atom is -0.496 e. The lowest BCUT2D eigenvalue weighted by atomic mass is 9.96. The molecule has 6 heteroatoms. The van der Waals surface area contributed by atoms with E-state index in [0.717, 1.165) is 26.1 Å². The Kier molecular flexibility index (Phi) is 6.49. The van der Waals surface area contributed by atoms with E-state index in [1.165, 1.54) is 36.1 Å². The van der Waals surface area contributed by atoms with Crippen molar-refractivity contribution in [1.29, 1.82) is 0 Å². The highest BCUT2D eigenvalue weighted by Crippen LogP contribution is 2.32. The van der Waals surface area contributed by atoms with Gasteiger partial charge >= 0.3 is 0 Å². The van der Waals surface area contributed by atoms with Gasteiger partial charge in [-0.3, -0.25) is 9.69 Å². The van der Waals surface area contributed by atoms with E-state index in [4.69, 9.17) is 16.3 Å². The number of aryl methyl sites for hydroxylation is 1. The highest BCUT2D eigenvalue weighted by molar-refractivity contribution is 6.31. The number of fused-ring (bicyclic) bond motifs is 1. The van der Waals surface area contributed by atoms with E-state index in [1.54, 1.807) is 25.3 Å². The van der Waals surface area contributed by atoms with Crippen LogP contribution in [-0.2, 0) is 6.42 Å². The van der Waals surface area contributed by atoms with Gasteiger partial charge in [0.15, 0.2) is 0 Å². The monoisotopic (exact) mass is 427 g/mol. The first-order chi connectivity index (χ1) is 14.6. The zero-order valence-electron chi connectivity index (χ0n) is 17.8. The largest absolute Gasteiger partial charge is 0.496 e. The van der Waals surface area contributed by atoms with Crippen LogP contribution in [0.5, 0.6) is 5.75 Å². The SMILES string of the molecule is COc1ccc(Cl)cc1C(=O)NC[C@@H](c1ccc2c(c1)CCCN2C)N1CCCC1. The molecule has 2 aromatic carbocycles. The molecule has 0 spiro atoms. The number of hydrogen-bond acceptors (Lipinski definition) is 4. The van der Waals surface area contributed by atoms with Crippen molar-refractivity contribution in [3.63, 3.8) is 0 Å². The molecule has 0 radical (unpaired) electrons. The lowest BCUT2D eigenvalue weighted by Gasteiger charge is -2.32. The normalized spacial score (nSPS) is 17.5. The number of nitrogens with zero attached hydrogens (tertiary/aromatic N) is 2. The van der Waals surface area contributed by atoms with Gasteiger partial charge in [-0.15, -0.1) is 0 Å². The standard InChI is InChI=1S/C24H30ClN3O2/c1-27-11-5-6-17-14-18(7-9-21(17)27)22(28-12-3-4-13-28)16-26-24(29)20-15-19(25)8-10-23(20)30-2/h7-10,14-15,22H,3-6,11-13,16H2,1-2H3,(H,26,29)/t22-/m0/s1. The Hall–Kier alpha value is -2.24. The summed E-state index contributed by atoms with van der Waals surface area (Å²) in [6, 6.07) is 12.1. The first-order valence-electron chi connectivity index (χ1n) is 10.8. The highest BCUT2D eigenvalue weighted by Gasteiger charge is 2.26. The maximum atomic E-state index is 12.9. The van der Waals surface area contributed by atoms with Crippen molar-refractivity contribution in [1.82, 2.24) is 10.2 Å². The number of likely N-dealkylation sites (tertiary alicyclic amines) is 1. The Balaban J connectivity index is 1.55. The molecule has 0 unspecified atom stereocenters. The molecule has 1 atom stereocenters. The first kappa shape index (κ1) is 21.0. The molecule has 0 bridgehead atoms. The Morgan fingerprint density at radius 2 is 1.93 bits per heavy atom. The summed E-state index contributed by atoms with van der Waals surface area (Å²) in [5.41, 5.74) is 4.49. The van der Waals surface area contributed by atoms with Crippen LogP contribution in [0.15, 0.2) is 36.4 Å². The Morgan fingerprint density at radius 1 is 1.13 bits per heavy atom. The molecule has 1 N–H and O–H groups in total. The fourth-order valence-corrected chi connectivity index (χ4v) is 4.84. The van der Waals surface area contributed by atoms with Gasteiger partial charge in [-0.05, 0) is 74.2 Å². The highest BCUT2D eigenvalue weighted by atomic mass is 35.5. The van der Waals surface area contributed by atoms with E-state index in [0.29, 0.717) is 22.9 Å². The lowest BCUT2D eigenvalue weighted by Crippen LogP contribution is -2.37. The average molecular weight is 428 g/mol. The number of carbonyl (C=O) groups excluding carboxylic acids is 1. The maximum absolute atomic E-state index is 12.9. The van der Waals surface area contributed by atoms with Crippen molar-refractivity contribution >= 4 is 23.2 Å². The van der Waals surface area contributed by atoms with Crippen LogP contribution >= 0.6 is 11.6 Å². The Morgan fingerprint density at radius 3 is 2.70 bits per heavy atom. The number of benzene rings is 2. The third-order valence-corrected chi connectivity index (χ3v) is 6.52. The van der Waals surface area contributed by atoms with Gasteiger partial charge in [-0.2, -0.15) is 0 Å². The van der Waals surface area contributed by atoms with Gasteiger partial charge in [0.1, 0.15) is 5.75 Å². The van der Waals surface area contributed by atoms with E-state index >= 15 is 0 Å². The van der Waals surface area contributed by atoms with E-state index in [-0.39, 0.29) is 11.9 Å². The Bertz CT molecular complexity index is 911. The van der Waals surface area contributed by atoms with Crippen LogP contribution in [0, 0.1) is 0 Å². The van der Waals surface area contributed by atoms with Crippen LogP contribution in [0.2, 0.25) is 5.02 Å². The van der Waals surface area contributed by atoms with Crippen LogP contribution in [0.3, 0.4) is 0 Å². The smallest absolute Gasteiger partial charge is 0.255 e. The molecule has 1 saturated heterocycles. The van der Waals surface area contributed by atoms with Crippen molar-refractivity contribution < 1.29 is 9.53 Å². The van der Waals surface area contributed by atoms with Gasteiger partial charge < -0.3 is 15.0 Å². The Labute approximate surface area is 184 Å². The second-order valence-electron chi connectivity index (χ2n) is 8.23. The van der Waals surface area contributed by atoms with E-state index < -0.39 is 0 Å². The quantitative estimate of drug-likeness (QED) is 0.746. The number of hydrogen-bond donors (Lipinski definition) is 1. The lowest BCUT2D eigenvalue weighted by molar-refractivity contribution is 0.0935. The van der Waals surface area contributed by atoms with Crippen LogP contribution in [0.25, 0.3) is 0 Å². The van der Waals surface area contributed by atoms with E-state index in [2.05, 4.69) is 40.4 Å². The summed E-state index contributed by atoms with van der Waals surface area (Å²) in [7, 11) is 3.73. The summed E-state index contributed by atoms with van der Waals surface area (Å²) in [6.07, 6.45) is 4.72. The average Bonchev–Trinajstić information content (AvgIpc) is 3.28. The molecular formula is C24H30ClN3O2. The number of halogens is 1. The molecule has 2 aliphatic rings. The third kappa shape index (κ3) is 4.42. The third-order valence-electron chi connectivity index (χ3n) is 6.28. The summed E-state index contributed by atoms with van der Waals surface area (Å²) in [6.45, 7) is 3.80. The van der Waals surface area contributed by atoms with E-state index in [1.807, 2.05) is 0 Å². The molecule has 4 rings (SSSR count). The van der Waals surface area contributed by atoms with Crippen molar-refractivity contribution in [2.24, 2.45) is 0 Å². The first-order valence-corrected chi connectivity index (χ1v) is 11.1. The molecule has 2 heterocycles. The number of methoxy groups -OCH3 is 1. The van der Waals surface area contributed by atoms with Gasteiger partial charge in [-0.1, -0.05) is 23.7 Å². The molecule has 2 aliphatic heterocycles. The summed E-state index contributed by atoms with van der Waals surface area (Å²) >= 11 is 6.11. The molecule has 0 aromatic heterocycles. The number of nitrogens with one attached hydrogen (secondary N) is 1. The fourth-order valence-electron chi connectivity index (χ4n) is 4.67. The number of carbonyl (C=O) groups is 1. The number of rotatable bonds is 6. The maximum Gasteiger partial charge on any atom is 0.255 e. The minimum absolute atomic E-state index is 0.156. The topological polar surface area (TPSA) is 44.8 Å². The zero-order valence-corrected chi connectivity index (χ0v) is 18.5. The van der Waals surface area contributed by atoms with Crippen molar-refractivity contribution in [3.8, 4) is 5.75 Å². The summed E-state index contributed by atoms with van der Waals surface area (Å²) in [5.74, 6) is 0.377. The van der Waals surface area contributed by atoms with Crippen molar-refractivity contribution in [3.05, 3.63) is 58.1 Å². The summed E-state index contributed by atoms with van der Waals surface area (Å²) in [4.78, 5) is 17.8. The molecule has 1 amide bonds. The number of ether oxygens (including phenoxy) is 1. The second-order valence-corrected chi connectivity index (χ2v) is 8.66. The van der Waals surface area contributed by atoms with Gasteiger partial charge in [0.25, 0.3) is 5.91 Å². The minimum atomic E-state index is -0.156. The van der Waals surface area contributed by atoms with Gasteiger partial charge in [0.05, 0.1) is 18.7 Å². The fraction of sp³-hybridized carbons (Fsp3) is 0.458. The predicted octanol–water partition coefficient (Wildman–Crippen LogP) is 4.30. The molecule has 1 fully saturated rings. The molecule has 2 aromatic rings. The molecule has 30 heavy (non-hydrogen) atoms. The molecular weight excluding hydrogens is 398 g/mol. The molecule has 5 nitrogen and oxygen atoms in total. The molecule has 0 saturated carbocycles. The zero-order chi connectivity index (χ0) is 21.1. The van der Waals surface area contributed by atoms with Crippen molar-refractivity contribution in [2.45, 2.75) is 31.7 Å². The summed E-state index contributed by atoms with van der Waals surface area (Å²) in [5, 5.41) is 3.66. The second kappa shape index (κ2) is 9.27.